The van der Waals surface area contributed by atoms with Crippen LogP contribution in [0.2, 0.25) is 0 Å². The minimum atomic E-state index is -1.45. The number of aliphatic hydroxyl groups is 1. The third kappa shape index (κ3) is 43.9. The third-order valence-corrected chi connectivity index (χ3v) is 11.2. The van der Waals surface area contributed by atoms with Crippen LogP contribution in [0.5, 0.6) is 0 Å². The van der Waals surface area contributed by atoms with Gasteiger partial charge < -0.3 is 71.3 Å². The van der Waals surface area contributed by atoms with Crippen molar-refractivity contribution in [1.29, 1.82) is 0 Å². The summed E-state index contributed by atoms with van der Waals surface area (Å²) in [5.74, 6) is -6.68. The molecule has 0 heterocycles. The lowest BCUT2D eigenvalue weighted by Gasteiger charge is -2.17. The molecule has 0 aliphatic heterocycles. The summed E-state index contributed by atoms with van der Waals surface area (Å²) < 4.78 is 21.2. The molecule has 0 saturated heterocycles. The molecule has 0 aliphatic rings. The van der Waals surface area contributed by atoms with Crippen molar-refractivity contribution < 1.29 is 82.5 Å². The van der Waals surface area contributed by atoms with Crippen LogP contribution >= 0.6 is 0 Å². The van der Waals surface area contributed by atoms with E-state index in [9.17, 15) is 58.5 Å². The average Bonchev–Trinajstić information content (AvgIpc) is 3.33. The number of hydrogen-bond donors (Lipinski definition) is 10. The van der Waals surface area contributed by atoms with Gasteiger partial charge >= 0.3 is 17.9 Å². The van der Waals surface area contributed by atoms with Gasteiger partial charge in [-0.1, -0.05) is 97.0 Å². The van der Waals surface area contributed by atoms with Gasteiger partial charge in [-0.25, -0.2) is 14.4 Å². The summed E-state index contributed by atoms with van der Waals surface area (Å²) >= 11 is 0. The van der Waals surface area contributed by atoms with Crippen molar-refractivity contribution >= 4 is 53.4 Å². The highest BCUT2D eigenvalue weighted by Crippen LogP contribution is 2.15. The number of rotatable bonds is 51. The van der Waals surface area contributed by atoms with Crippen molar-refractivity contribution in [3.05, 3.63) is 12.3 Å². The highest BCUT2D eigenvalue weighted by atomic mass is 16.5. The van der Waals surface area contributed by atoms with Crippen LogP contribution in [-0.2, 0) is 62.1 Å². The van der Waals surface area contributed by atoms with E-state index in [0.29, 0.717) is 19.4 Å². The van der Waals surface area contributed by atoms with Crippen molar-refractivity contribution in [1.82, 2.24) is 31.9 Å². The Morgan fingerprint density at radius 3 is 1.11 bits per heavy atom. The van der Waals surface area contributed by atoms with Gasteiger partial charge in [0.2, 0.25) is 35.4 Å². The lowest BCUT2D eigenvalue weighted by molar-refractivity contribution is -0.144. The molecule has 0 aliphatic carbocycles. The monoisotopic (exact) mass is 1040 g/mol. The van der Waals surface area contributed by atoms with Gasteiger partial charge in [0.15, 0.2) is 0 Å². The molecule has 0 unspecified atom stereocenters. The quantitative estimate of drug-likeness (QED) is 0.0307. The standard InChI is InChI=1S/C50H88N6O17/c1-3-4-27-51-42(58)24-21-40(49(66)67)55-45(61)26-23-41(50(68)69)56-47(63)37-73-35-33-71-31-29-53-46(62)36-72-34-32-70-30-28-52-43(59)25-22-39(48(64)65)54-44(60)20-18-16-14-12-10-8-6-5-7-9-11-13-15-17-19-38(2)57/h39-41,57H,2-37H2,1H3,(H,51,58)(H,52,59)(H,53,62)(H,54,60)(H,55,61)(H,56,63)(H,64,65)(H,66,67)(H,68,69)/t39-,40-,41-/m0/s1. The number of hydrogen-bond acceptors (Lipinski definition) is 14. The largest absolute Gasteiger partial charge is 0.513 e. The second-order valence-electron chi connectivity index (χ2n) is 17.7. The van der Waals surface area contributed by atoms with Gasteiger partial charge in [0.05, 0.1) is 45.4 Å². The zero-order chi connectivity index (χ0) is 54.3. The maximum Gasteiger partial charge on any atom is 0.326 e. The van der Waals surface area contributed by atoms with E-state index >= 15 is 0 Å². The maximum atomic E-state index is 12.4. The molecule has 0 saturated carbocycles. The van der Waals surface area contributed by atoms with E-state index in [1.54, 1.807) is 0 Å². The highest BCUT2D eigenvalue weighted by molar-refractivity contribution is 5.87. The van der Waals surface area contributed by atoms with Gasteiger partial charge in [-0.05, 0) is 38.5 Å². The van der Waals surface area contributed by atoms with E-state index < -0.39 is 66.8 Å². The van der Waals surface area contributed by atoms with Crippen molar-refractivity contribution in [3.8, 4) is 0 Å². The van der Waals surface area contributed by atoms with Crippen LogP contribution in [0, 0.1) is 0 Å². The van der Waals surface area contributed by atoms with Gasteiger partial charge in [0.1, 0.15) is 31.3 Å². The molecule has 10 N–H and O–H groups in total. The summed E-state index contributed by atoms with van der Waals surface area (Å²) in [5, 5.41) is 52.5. The molecule has 6 amide bonds. The van der Waals surface area contributed by atoms with E-state index in [1.807, 2.05) is 6.92 Å². The number of carboxylic acids is 3. The molecule has 0 bridgehead atoms. The topological polar surface area (TPSA) is 344 Å². The summed E-state index contributed by atoms with van der Waals surface area (Å²) in [5.41, 5.74) is 0. The zero-order valence-corrected chi connectivity index (χ0v) is 43.3. The van der Waals surface area contributed by atoms with E-state index in [1.165, 1.54) is 51.4 Å². The van der Waals surface area contributed by atoms with Gasteiger partial charge in [-0.3, -0.25) is 28.8 Å². The number of carboxylic acid groups (broad SMARTS) is 3. The van der Waals surface area contributed by atoms with Crippen molar-refractivity contribution in [2.75, 3.05) is 72.5 Å². The van der Waals surface area contributed by atoms with Crippen LogP contribution in [0.25, 0.3) is 0 Å². The number of allylic oxidation sites excluding steroid dienone is 1. The summed E-state index contributed by atoms with van der Waals surface area (Å²) in [4.78, 5) is 108. The smallest absolute Gasteiger partial charge is 0.326 e. The van der Waals surface area contributed by atoms with Crippen molar-refractivity contribution in [2.45, 2.75) is 179 Å². The zero-order valence-electron chi connectivity index (χ0n) is 43.3. The fraction of sp³-hybridized carbons (Fsp3) is 0.780. The second kappa shape index (κ2) is 46.4. The predicted octanol–water partition coefficient (Wildman–Crippen LogP) is 3.56. The van der Waals surface area contributed by atoms with Crippen LogP contribution in [0.4, 0.5) is 0 Å². The summed E-state index contributed by atoms with van der Waals surface area (Å²) in [7, 11) is 0. The molecule has 0 fully saturated rings. The summed E-state index contributed by atoms with van der Waals surface area (Å²) in [6, 6.07) is -3.96. The SMILES string of the molecule is C=C(O)CCCCCCCCCCCCCCCCC(=O)N[C@@H](CCC(=O)NCCOCCOCC(=O)NCCOCCOCC(=O)N[C@@H](CCC(=O)N[C@@H](CCC(=O)NCCCC)C(=O)O)C(=O)O)C(=O)O. The number of carbonyl (C=O) groups is 9. The lowest BCUT2D eigenvalue weighted by Crippen LogP contribution is -2.45. The molecule has 420 valence electrons. The van der Waals surface area contributed by atoms with Gasteiger partial charge in [0.25, 0.3) is 0 Å². The first-order chi connectivity index (χ1) is 35.0. The van der Waals surface area contributed by atoms with Crippen LogP contribution in [0.1, 0.15) is 161 Å². The van der Waals surface area contributed by atoms with Crippen molar-refractivity contribution in [3.63, 3.8) is 0 Å². The molecular weight excluding hydrogens is 957 g/mol. The molecule has 0 spiro atoms. The molecule has 0 radical (unpaired) electrons. The maximum absolute atomic E-state index is 12.4. The Morgan fingerprint density at radius 2 is 0.699 bits per heavy atom. The molecule has 23 nitrogen and oxygen atoms in total. The third-order valence-electron chi connectivity index (χ3n) is 11.2. The number of amides is 6. The van der Waals surface area contributed by atoms with E-state index in [4.69, 9.17) is 24.1 Å². The van der Waals surface area contributed by atoms with E-state index in [0.717, 1.165) is 44.9 Å². The average molecular weight is 1050 g/mol. The Bertz CT molecular complexity index is 1600. The molecule has 0 aromatic carbocycles. The fourth-order valence-corrected chi connectivity index (χ4v) is 7.03. The van der Waals surface area contributed by atoms with Gasteiger partial charge in [0, 0.05) is 51.7 Å². The Kier molecular flexibility index (Phi) is 43.0. The number of carbonyl (C=O) groups excluding carboxylic acids is 6. The van der Waals surface area contributed by atoms with E-state index in [-0.39, 0.29) is 121 Å². The van der Waals surface area contributed by atoms with Gasteiger partial charge in [-0.2, -0.15) is 0 Å². The van der Waals surface area contributed by atoms with Crippen LogP contribution in [-0.4, -0.2) is 164 Å². The number of nitrogens with one attached hydrogen (secondary N) is 6. The number of aliphatic hydroxyl groups excluding tert-OH is 1. The Balaban J connectivity index is 3.90. The number of aliphatic carboxylic acids is 3. The summed E-state index contributed by atoms with van der Waals surface area (Å²) in [6.07, 6.45) is 17.2. The number of ether oxygens (including phenoxy) is 4. The Labute approximate surface area is 430 Å². The first-order valence-corrected chi connectivity index (χ1v) is 26.1. The summed E-state index contributed by atoms with van der Waals surface area (Å²) in [6.45, 7) is 6.07. The minimum absolute atomic E-state index is 0.0256. The molecule has 0 rings (SSSR count). The molecule has 0 aromatic heterocycles. The molecular formula is C50H88N6O17. The molecule has 73 heavy (non-hydrogen) atoms. The lowest BCUT2D eigenvalue weighted by atomic mass is 10.0. The molecule has 23 heteroatoms. The molecule has 3 atom stereocenters. The highest BCUT2D eigenvalue weighted by Gasteiger charge is 2.25. The predicted molar refractivity (Wildman–Crippen MR) is 269 cm³/mol. The van der Waals surface area contributed by atoms with Crippen LogP contribution in [0.15, 0.2) is 12.3 Å². The second-order valence-corrected chi connectivity index (χ2v) is 17.7. The van der Waals surface area contributed by atoms with E-state index in [2.05, 4.69) is 38.5 Å². The first-order valence-electron chi connectivity index (χ1n) is 26.1. The van der Waals surface area contributed by atoms with Crippen molar-refractivity contribution in [2.24, 2.45) is 0 Å². The Hall–Kier alpha value is -5.39. The number of unbranched alkanes of at least 4 members (excludes halogenated alkanes) is 14. The fourth-order valence-electron chi connectivity index (χ4n) is 7.03. The van der Waals surface area contributed by atoms with Crippen LogP contribution in [0.3, 0.4) is 0 Å². The normalized spacial score (nSPS) is 12.2. The minimum Gasteiger partial charge on any atom is -0.513 e. The first kappa shape index (κ1) is 67.6. The van der Waals surface area contributed by atoms with Gasteiger partial charge in [-0.15, -0.1) is 0 Å². The molecule has 0 aromatic rings. The van der Waals surface area contributed by atoms with Crippen LogP contribution < -0.4 is 31.9 Å². The Morgan fingerprint density at radius 1 is 0.370 bits per heavy atom.